The van der Waals surface area contributed by atoms with Gasteiger partial charge in [0.1, 0.15) is 5.69 Å². The number of fused-ring (bicyclic) bond motifs is 1. The van der Waals surface area contributed by atoms with E-state index in [2.05, 4.69) is 21.0 Å². The van der Waals surface area contributed by atoms with E-state index in [1.54, 1.807) is 0 Å². The SMILES string of the molecule is O=Cc1nn(-c2cccc(Br)c2)c2c1CCC2. The Morgan fingerprint density at radius 3 is 3.00 bits per heavy atom. The van der Waals surface area contributed by atoms with E-state index in [1.165, 1.54) is 5.69 Å². The Kier molecular flexibility index (Phi) is 2.59. The summed E-state index contributed by atoms with van der Waals surface area (Å²) < 4.78 is 2.92. The lowest BCUT2D eigenvalue weighted by Crippen LogP contribution is -2.01. The number of aromatic nitrogens is 2. The molecule has 86 valence electrons. The minimum Gasteiger partial charge on any atom is -0.296 e. The van der Waals surface area contributed by atoms with Crippen molar-refractivity contribution < 1.29 is 4.79 Å². The van der Waals surface area contributed by atoms with Crippen molar-refractivity contribution in [2.45, 2.75) is 19.3 Å². The molecule has 0 N–H and O–H groups in total. The van der Waals surface area contributed by atoms with Gasteiger partial charge in [-0.3, -0.25) is 4.79 Å². The Balaban J connectivity index is 2.18. The van der Waals surface area contributed by atoms with E-state index >= 15 is 0 Å². The maximum absolute atomic E-state index is 11.0. The first-order chi connectivity index (χ1) is 8.29. The summed E-state index contributed by atoms with van der Waals surface area (Å²) in [5.74, 6) is 0. The quantitative estimate of drug-likeness (QED) is 0.797. The lowest BCUT2D eigenvalue weighted by Gasteiger charge is -2.05. The number of halogens is 1. The standard InChI is InChI=1S/C13H11BrN2O/c14-9-3-1-4-10(7-9)16-13-6-2-5-11(13)12(8-17)15-16/h1,3-4,7-8H,2,5-6H2. The summed E-state index contributed by atoms with van der Waals surface area (Å²) >= 11 is 3.45. The number of hydrogen-bond acceptors (Lipinski definition) is 2. The molecular weight excluding hydrogens is 280 g/mol. The van der Waals surface area contributed by atoms with Crippen LogP contribution in [0, 0.1) is 0 Å². The average Bonchev–Trinajstić information content (AvgIpc) is 2.89. The zero-order valence-electron chi connectivity index (χ0n) is 9.19. The molecule has 0 bridgehead atoms. The predicted molar refractivity (Wildman–Crippen MR) is 68.7 cm³/mol. The van der Waals surface area contributed by atoms with Crippen molar-refractivity contribution in [3.8, 4) is 5.69 Å². The van der Waals surface area contributed by atoms with Gasteiger partial charge in [0.05, 0.1) is 5.69 Å². The maximum Gasteiger partial charge on any atom is 0.170 e. The first-order valence-electron chi connectivity index (χ1n) is 5.61. The minimum absolute atomic E-state index is 0.595. The molecule has 0 spiro atoms. The van der Waals surface area contributed by atoms with Gasteiger partial charge in [0.15, 0.2) is 6.29 Å². The second-order valence-electron chi connectivity index (χ2n) is 4.17. The van der Waals surface area contributed by atoms with Crippen LogP contribution < -0.4 is 0 Å². The highest BCUT2D eigenvalue weighted by Crippen LogP contribution is 2.27. The molecule has 0 saturated heterocycles. The molecule has 2 aromatic rings. The summed E-state index contributed by atoms with van der Waals surface area (Å²) in [4.78, 5) is 11.0. The van der Waals surface area contributed by atoms with E-state index in [4.69, 9.17) is 0 Å². The molecular formula is C13H11BrN2O. The van der Waals surface area contributed by atoms with Gasteiger partial charge in [0.2, 0.25) is 0 Å². The van der Waals surface area contributed by atoms with Gasteiger partial charge in [-0.2, -0.15) is 5.10 Å². The van der Waals surface area contributed by atoms with Crippen LogP contribution in [0.15, 0.2) is 28.7 Å². The molecule has 17 heavy (non-hydrogen) atoms. The summed E-state index contributed by atoms with van der Waals surface area (Å²) in [5.41, 5.74) is 3.91. The van der Waals surface area contributed by atoms with Crippen molar-refractivity contribution in [1.29, 1.82) is 0 Å². The molecule has 0 fully saturated rings. The molecule has 1 aliphatic rings. The first kappa shape index (κ1) is 10.7. The minimum atomic E-state index is 0.595. The van der Waals surface area contributed by atoms with Crippen LogP contribution in [0.2, 0.25) is 0 Å². The highest BCUT2D eigenvalue weighted by Gasteiger charge is 2.22. The maximum atomic E-state index is 11.0. The Labute approximate surface area is 108 Å². The van der Waals surface area contributed by atoms with Gasteiger partial charge < -0.3 is 0 Å². The van der Waals surface area contributed by atoms with Gasteiger partial charge in [-0.05, 0) is 37.5 Å². The van der Waals surface area contributed by atoms with Gasteiger partial charge in [-0.15, -0.1) is 0 Å². The predicted octanol–water partition coefficient (Wildman–Crippen LogP) is 2.94. The summed E-state index contributed by atoms with van der Waals surface area (Å²) in [6.07, 6.45) is 3.95. The van der Waals surface area contributed by atoms with Crippen LogP contribution in [-0.4, -0.2) is 16.1 Å². The second kappa shape index (κ2) is 4.11. The monoisotopic (exact) mass is 290 g/mol. The molecule has 4 heteroatoms. The summed E-state index contributed by atoms with van der Waals surface area (Å²) in [7, 11) is 0. The molecule has 1 aliphatic carbocycles. The molecule has 0 unspecified atom stereocenters. The van der Waals surface area contributed by atoms with E-state index in [-0.39, 0.29) is 0 Å². The van der Waals surface area contributed by atoms with Gasteiger partial charge >= 0.3 is 0 Å². The number of hydrogen-bond donors (Lipinski definition) is 0. The van der Waals surface area contributed by atoms with Crippen LogP contribution in [0.4, 0.5) is 0 Å². The number of carbonyl (C=O) groups is 1. The average molecular weight is 291 g/mol. The molecule has 0 amide bonds. The highest BCUT2D eigenvalue weighted by atomic mass is 79.9. The smallest absolute Gasteiger partial charge is 0.170 e. The lowest BCUT2D eigenvalue weighted by atomic mass is 10.2. The van der Waals surface area contributed by atoms with Crippen LogP contribution in [0.5, 0.6) is 0 Å². The number of rotatable bonds is 2. The van der Waals surface area contributed by atoms with Crippen molar-refractivity contribution in [2.24, 2.45) is 0 Å². The number of aldehydes is 1. The fourth-order valence-electron chi connectivity index (χ4n) is 2.38. The molecule has 1 heterocycles. The molecule has 3 rings (SSSR count). The Morgan fingerprint density at radius 1 is 1.35 bits per heavy atom. The summed E-state index contributed by atoms with van der Waals surface area (Å²) in [5, 5.41) is 4.39. The van der Waals surface area contributed by atoms with Crippen molar-refractivity contribution in [3.63, 3.8) is 0 Å². The van der Waals surface area contributed by atoms with E-state index in [0.717, 1.165) is 41.3 Å². The number of nitrogens with zero attached hydrogens (tertiary/aromatic N) is 2. The van der Waals surface area contributed by atoms with E-state index in [0.29, 0.717) is 5.69 Å². The van der Waals surface area contributed by atoms with E-state index in [9.17, 15) is 4.79 Å². The molecule has 0 atom stereocenters. The van der Waals surface area contributed by atoms with Crippen molar-refractivity contribution in [2.75, 3.05) is 0 Å². The fraction of sp³-hybridized carbons (Fsp3) is 0.231. The summed E-state index contributed by atoms with van der Waals surface area (Å²) in [6, 6.07) is 7.97. The van der Waals surface area contributed by atoms with E-state index in [1.807, 2.05) is 28.9 Å². The largest absolute Gasteiger partial charge is 0.296 e. The Morgan fingerprint density at radius 2 is 2.24 bits per heavy atom. The third-order valence-electron chi connectivity index (χ3n) is 3.13. The summed E-state index contributed by atoms with van der Waals surface area (Å²) in [6.45, 7) is 0. The van der Waals surface area contributed by atoms with Gasteiger partial charge in [0.25, 0.3) is 0 Å². The highest BCUT2D eigenvalue weighted by molar-refractivity contribution is 9.10. The number of benzene rings is 1. The van der Waals surface area contributed by atoms with Gasteiger partial charge in [0, 0.05) is 15.7 Å². The molecule has 0 radical (unpaired) electrons. The van der Waals surface area contributed by atoms with Crippen molar-refractivity contribution in [3.05, 3.63) is 45.7 Å². The van der Waals surface area contributed by atoms with Gasteiger partial charge in [-0.25, -0.2) is 4.68 Å². The zero-order valence-corrected chi connectivity index (χ0v) is 10.8. The Bertz CT molecular complexity index is 589. The first-order valence-corrected chi connectivity index (χ1v) is 6.41. The van der Waals surface area contributed by atoms with Crippen LogP contribution >= 0.6 is 15.9 Å². The topological polar surface area (TPSA) is 34.9 Å². The van der Waals surface area contributed by atoms with Crippen LogP contribution in [0.1, 0.15) is 28.2 Å². The third kappa shape index (κ3) is 1.72. The lowest BCUT2D eigenvalue weighted by molar-refractivity contribution is 0.111. The van der Waals surface area contributed by atoms with Crippen LogP contribution in [0.25, 0.3) is 5.69 Å². The molecule has 1 aromatic heterocycles. The van der Waals surface area contributed by atoms with Crippen LogP contribution in [-0.2, 0) is 12.8 Å². The second-order valence-corrected chi connectivity index (χ2v) is 5.09. The number of carbonyl (C=O) groups excluding carboxylic acids is 1. The fourth-order valence-corrected chi connectivity index (χ4v) is 2.77. The third-order valence-corrected chi connectivity index (χ3v) is 3.62. The van der Waals surface area contributed by atoms with Crippen LogP contribution in [0.3, 0.4) is 0 Å². The Hall–Kier alpha value is -1.42. The van der Waals surface area contributed by atoms with E-state index < -0.39 is 0 Å². The molecule has 3 nitrogen and oxygen atoms in total. The van der Waals surface area contributed by atoms with Crippen molar-refractivity contribution >= 4 is 22.2 Å². The molecule has 0 saturated carbocycles. The van der Waals surface area contributed by atoms with Gasteiger partial charge in [-0.1, -0.05) is 22.0 Å². The normalized spacial score (nSPS) is 13.7. The molecule has 1 aromatic carbocycles. The molecule has 0 aliphatic heterocycles. The van der Waals surface area contributed by atoms with Crippen molar-refractivity contribution in [1.82, 2.24) is 9.78 Å². The zero-order chi connectivity index (χ0) is 11.8.